The van der Waals surface area contributed by atoms with Crippen LogP contribution in [0.1, 0.15) is 45.5 Å². The van der Waals surface area contributed by atoms with Crippen molar-refractivity contribution in [3.8, 4) is 0 Å². The predicted octanol–water partition coefficient (Wildman–Crippen LogP) is 5.74. The molecule has 226 valence electrons. The summed E-state index contributed by atoms with van der Waals surface area (Å²) in [5, 5.41) is 18.3. The van der Waals surface area contributed by atoms with Gasteiger partial charge in [-0.1, -0.05) is 18.2 Å². The molecule has 0 saturated carbocycles. The monoisotopic (exact) mass is 599 g/mol. The van der Waals surface area contributed by atoms with Crippen molar-refractivity contribution in [3.63, 3.8) is 0 Å². The number of nitro benzene ring substituents is 1. The Morgan fingerprint density at radius 2 is 1.60 bits per heavy atom. The fraction of sp³-hybridized carbons (Fsp3) is 0.276. The van der Waals surface area contributed by atoms with Gasteiger partial charge in [-0.05, 0) is 55.7 Å². The highest BCUT2D eigenvalue weighted by atomic mass is 19.4. The number of nitrogens with zero attached hydrogens (tertiary/aromatic N) is 2. The number of nitrogens with one attached hydrogen (secondary N) is 3. The van der Waals surface area contributed by atoms with Gasteiger partial charge in [-0.3, -0.25) is 24.5 Å². The normalized spacial score (nSPS) is 13.3. The zero-order valence-corrected chi connectivity index (χ0v) is 23.0. The second kappa shape index (κ2) is 13.3. The maximum atomic E-state index is 13.2. The second-order valence-electron chi connectivity index (χ2n) is 9.69. The van der Waals surface area contributed by atoms with Crippen molar-refractivity contribution < 1.29 is 37.2 Å². The van der Waals surface area contributed by atoms with E-state index in [4.69, 9.17) is 4.74 Å². The van der Waals surface area contributed by atoms with Gasteiger partial charge < -0.3 is 25.6 Å². The molecule has 3 amide bonds. The van der Waals surface area contributed by atoms with Crippen LogP contribution in [0.5, 0.6) is 0 Å². The average molecular weight is 600 g/mol. The van der Waals surface area contributed by atoms with E-state index in [0.29, 0.717) is 11.3 Å². The Bertz CT molecular complexity index is 1540. The number of methoxy groups -OCH3 is 1. The van der Waals surface area contributed by atoms with E-state index in [0.717, 1.165) is 56.2 Å². The van der Waals surface area contributed by atoms with E-state index in [1.807, 2.05) is 18.2 Å². The number of carbonyl (C=O) groups is 3. The lowest BCUT2D eigenvalue weighted by atomic mass is 10.1. The van der Waals surface area contributed by atoms with E-state index in [9.17, 15) is 37.7 Å². The number of benzene rings is 3. The number of hydrogen-bond donors (Lipinski definition) is 3. The largest absolute Gasteiger partial charge is 0.471 e. The third-order valence-corrected chi connectivity index (χ3v) is 6.74. The number of hydrogen-bond acceptors (Lipinski definition) is 7. The lowest BCUT2D eigenvalue weighted by Gasteiger charge is -2.30. The molecule has 3 N–H and O–H groups in total. The molecule has 11 nitrogen and oxygen atoms in total. The van der Waals surface area contributed by atoms with E-state index in [2.05, 4.69) is 15.5 Å². The van der Waals surface area contributed by atoms with E-state index in [1.165, 1.54) is 30.6 Å². The quantitative estimate of drug-likeness (QED) is 0.210. The van der Waals surface area contributed by atoms with Crippen molar-refractivity contribution in [1.29, 1.82) is 0 Å². The highest BCUT2D eigenvalue weighted by Crippen LogP contribution is 2.32. The van der Waals surface area contributed by atoms with Crippen molar-refractivity contribution in [3.05, 3.63) is 87.5 Å². The van der Waals surface area contributed by atoms with Crippen LogP contribution in [0, 0.1) is 10.1 Å². The Morgan fingerprint density at radius 3 is 2.28 bits per heavy atom. The van der Waals surface area contributed by atoms with Crippen LogP contribution in [-0.4, -0.2) is 49.0 Å². The Labute approximate surface area is 244 Å². The first kappa shape index (κ1) is 31.0. The molecule has 1 saturated heterocycles. The highest BCUT2D eigenvalue weighted by Gasteiger charge is 2.40. The molecule has 1 heterocycles. The van der Waals surface area contributed by atoms with Crippen LogP contribution >= 0.6 is 0 Å². The van der Waals surface area contributed by atoms with Gasteiger partial charge in [-0.15, -0.1) is 0 Å². The lowest BCUT2D eigenvalue weighted by molar-refractivity contribution is -0.384. The fourth-order valence-electron chi connectivity index (χ4n) is 4.70. The molecule has 0 radical (unpaired) electrons. The molecule has 14 heteroatoms. The number of carbonyl (C=O) groups excluding carboxylic acids is 3. The Hall–Kier alpha value is -4.98. The maximum Gasteiger partial charge on any atom is 0.471 e. The van der Waals surface area contributed by atoms with Crippen LogP contribution in [0.4, 0.5) is 41.6 Å². The Balaban J connectivity index is 1.59. The van der Waals surface area contributed by atoms with Crippen LogP contribution in [0.2, 0.25) is 0 Å². The van der Waals surface area contributed by atoms with E-state index in [1.54, 1.807) is 6.07 Å². The number of anilines is 4. The highest BCUT2D eigenvalue weighted by molar-refractivity contribution is 6.13. The molecule has 3 aromatic rings. The molecule has 4 rings (SSSR count). The molecule has 1 fully saturated rings. The predicted molar refractivity (Wildman–Crippen MR) is 153 cm³/mol. The van der Waals surface area contributed by atoms with Gasteiger partial charge >= 0.3 is 12.1 Å². The Kier molecular flexibility index (Phi) is 9.60. The standard InChI is InChI=1S/C29H28F3N5O6/c1-43-17-19-16-18(26(38)34-22-9-3-4-10-23(22)36-14-5-2-6-15-36)12-13-21(19)33-27(39)20-8-7-11-24(37(41)42)25(20)35-28(40)29(30,31)32/h3-4,7-13,16H,2,5-6,14-15,17H2,1H3,(H,33,39)(H,34,38)(H,35,40). The molecule has 0 aromatic heterocycles. The van der Waals surface area contributed by atoms with Crippen LogP contribution in [-0.2, 0) is 16.1 Å². The van der Waals surface area contributed by atoms with Crippen molar-refractivity contribution in [2.24, 2.45) is 0 Å². The molecule has 0 bridgehead atoms. The minimum absolute atomic E-state index is 0.0618. The van der Waals surface area contributed by atoms with E-state index < -0.39 is 45.8 Å². The van der Waals surface area contributed by atoms with Crippen molar-refractivity contribution in [2.75, 3.05) is 41.0 Å². The zero-order chi connectivity index (χ0) is 31.1. The van der Waals surface area contributed by atoms with E-state index in [-0.39, 0.29) is 17.9 Å². The number of nitro groups is 1. The molecule has 1 aliphatic rings. The molecular weight excluding hydrogens is 571 g/mol. The summed E-state index contributed by atoms with van der Waals surface area (Å²) in [5.74, 6) is -3.94. The van der Waals surface area contributed by atoms with Gasteiger partial charge in [-0.25, -0.2) is 0 Å². The van der Waals surface area contributed by atoms with Gasteiger partial charge in [0.15, 0.2) is 0 Å². The van der Waals surface area contributed by atoms with Crippen molar-refractivity contribution in [1.82, 2.24) is 0 Å². The van der Waals surface area contributed by atoms with Crippen molar-refractivity contribution >= 4 is 46.2 Å². The molecule has 0 atom stereocenters. The third kappa shape index (κ3) is 7.46. The number of piperidine rings is 1. The molecular formula is C29H28F3N5O6. The minimum Gasteiger partial charge on any atom is -0.380 e. The van der Waals surface area contributed by atoms with Gasteiger partial charge in [0.05, 0.1) is 28.5 Å². The molecule has 0 spiro atoms. The fourth-order valence-corrected chi connectivity index (χ4v) is 4.70. The van der Waals surface area contributed by atoms with Gasteiger partial charge in [-0.2, -0.15) is 13.2 Å². The Morgan fingerprint density at radius 1 is 0.907 bits per heavy atom. The third-order valence-electron chi connectivity index (χ3n) is 6.74. The minimum atomic E-state index is -5.35. The van der Waals surface area contributed by atoms with E-state index >= 15 is 0 Å². The summed E-state index contributed by atoms with van der Waals surface area (Å²) in [7, 11) is 1.39. The lowest BCUT2D eigenvalue weighted by Crippen LogP contribution is -2.31. The summed E-state index contributed by atoms with van der Waals surface area (Å²) >= 11 is 0. The number of alkyl halides is 3. The molecule has 1 aliphatic heterocycles. The van der Waals surface area contributed by atoms with Crippen LogP contribution < -0.4 is 20.9 Å². The number of para-hydroxylation sites is 3. The smallest absolute Gasteiger partial charge is 0.380 e. The summed E-state index contributed by atoms with van der Waals surface area (Å²) in [6, 6.07) is 14.8. The topological polar surface area (TPSA) is 143 Å². The first-order valence-corrected chi connectivity index (χ1v) is 13.2. The summed E-state index contributed by atoms with van der Waals surface area (Å²) < 4.78 is 43.9. The molecule has 0 unspecified atom stereocenters. The van der Waals surface area contributed by atoms with Gasteiger partial charge in [0.1, 0.15) is 5.69 Å². The summed E-state index contributed by atoms with van der Waals surface area (Å²) in [5.41, 5.74) is -0.126. The summed E-state index contributed by atoms with van der Waals surface area (Å²) in [4.78, 5) is 50.6. The molecule has 0 aliphatic carbocycles. The molecule has 43 heavy (non-hydrogen) atoms. The van der Waals surface area contributed by atoms with Gasteiger partial charge in [0.2, 0.25) is 0 Å². The van der Waals surface area contributed by atoms with Gasteiger partial charge in [0, 0.05) is 43.1 Å². The summed E-state index contributed by atoms with van der Waals surface area (Å²) in [6.45, 7) is 1.70. The van der Waals surface area contributed by atoms with Crippen LogP contribution in [0.15, 0.2) is 60.7 Å². The first-order chi connectivity index (χ1) is 20.5. The maximum absolute atomic E-state index is 13.2. The average Bonchev–Trinajstić information content (AvgIpc) is 2.98. The van der Waals surface area contributed by atoms with Crippen molar-refractivity contribution in [2.45, 2.75) is 32.0 Å². The van der Waals surface area contributed by atoms with Crippen LogP contribution in [0.3, 0.4) is 0 Å². The number of rotatable bonds is 9. The number of halogens is 3. The first-order valence-electron chi connectivity index (χ1n) is 13.2. The SMILES string of the molecule is COCc1cc(C(=O)Nc2ccccc2N2CCCCC2)ccc1NC(=O)c1cccc([N+](=O)[O-])c1NC(=O)C(F)(F)F. The number of amides is 3. The molecule has 3 aromatic carbocycles. The van der Waals surface area contributed by atoms with Crippen LogP contribution in [0.25, 0.3) is 0 Å². The second-order valence-corrected chi connectivity index (χ2v) is 9.69. The zero-order valence-electron chi connectivity index (χ0n) is 23.0. The number of ether oxygens (including phenoxy) is 1. The summed E-state index contributed by atoms with van der Waals surface area (Å²) in [6.07, 6.45) is -2.08. The van der Waals surface area contributed by atoms with Gasteiger partial charge in [0.25, 0.3) is 17.5 Å².